The van der Waals surface area contributed by atoms with Gasteiger partial charge in [0.1, 0.15) is 5.71 Å². The quantitative estimate of drug-likeness (QED) is 0.650. The van der Waals surface area contributed by atoms with Crippen molar-refractivity contribution in [3.05, 3.63) is 107 Å². The van der Waals surface area contributed by atoms with Crippen LogP contribution in [0.25, 0.3) is 0 Å². The third kappa shape index (κ3) is 2.79. The smallest absolute Gasteiger partial charge is 0.100 e. The SMILES string of the molecule is Cc1ccc(C2=NN=C(c3ccccc3)Cc3ccccc32)cc1. The molecule has 2 nitrogen and oxygen atoms in total. The summed E-state index contributed by atoms with van der Waals surface area (Å²) in [5.41, 5.74) is 7.84. The Balaban J connectivity index is 1.86. The highest BCUT2D eigenvalue weighted by molar-refractivity contribution is 6.16. The topological polar surface area (TPSA) is 24.7 Å². The van der Waals surface area contributed by atoms with Crippen LogP contribution in [0.5, 0.6) is 0 Å². The van der Waals surface area contributed by atoms with E-state index in [1.54, 1.807) is 0 Å². The van der Waals surface area contributed by atoms with Gasteiger partial charge in [-0.2, -0.15) is 5.10 Å². The molecule has 1 aliphatic heterocycles. The zero-order valence-corrected chi connectivity index (χ0v) is 13.6. The molecular weight excluding hydrogens is 292 g/mol. The van der Waals surface area contributed by atoms with Gasteiger partial charge in [-0.05, 0) is 18.1 Å². The number of rotatable bonds is 2. The Morgan fingerprint density at radius 1 is 0.667 bits per heavy atom. The van der Waals surface area contributed by atoms with Crippen LogP contribution >= 0.6 is 0 Å². The van der Waals surface area contributed by atoms with Crippen molar-refractivity contribution in [2.24, 2.45) is 10.2 Å². The van der Waals surface area contributed by atoms with Gasteiger partial charge in [-0.1, -0.05) is 84.4 Å². The maximum Gasteiger partial charge on any atom is 0.100 e. The number of benzene rings is 3. The molecule has 0 fully saturated rings. The lowest BCUT2D eigenvalue weighted by Crippen LogP contribution is -2.08. The Morgan fingerprint density at radius 3 is 2.17 bits per heavy atom. The van der Waals surface area contributed by atoms with E-state index in [0.717, 1.165) is 34.5 Å². The van der Waals surface area contributed by atoms with E-state index >= 15 is 0 Å². The molecule has 0 N–H and O–H groups in total. The summed E-state index contributed by atoms with van der Waals surface area (Å²) in [5, 5.41) is 9.22. The molecule has 3 aromatic rings. The maximum atomic E-state index is 4.63. The van der Waals surface area contributed by atoms with Crippen LogP contribution in [0.15, 0.2) is 89.1 Å². The highest BCUT2D eigenvalue weighted by Gasteiger charge is 2.17. The van der Waals surface area contributed by atoms with E-state index in [-0.39, 0.29) is 0 Å². The molecule has 3 aromatic carbocycles. The van der Waals surface area contributed by atoms with E-state index in [9.17, 15) is 0 Å². The highest BCUT2D eigenvalue weighted by atomic mass is 15.2. The van der Waals surface area contributed by atoms with E-state index in [1.165, 1.54) is 11.1 Å². The first-order chi connectivity index (χ1) is 11.8. The van der Waals surface area contributed by atoms with Gasteiger partial charge in [0.2, 0.25) is 0 Å². The van der Waals surface area contributed by atoms with Crippen molar-refractivity contribution in [2.45, 2.75) is 13.3 Å². The molecule has 0 amide bonds. The Bertz CT molecular complexity index is 920. The monoisotopic (exact) mass is 310 g/mol. The average molecular weight is 310 g/mol. The summed E-state index contributed by atoms with van der Waals surface area (Å²) >= 11 is 0. The van der Waals surface area contributed by atoms with E-state index < -0.39 is 0 Å². The zero-order valence-electron chi connectivity index (χ0n) is 13.6. The van der Waals surface area contributed by atoms with Crippen molar-refractivity contribution in [3.63, 3.8) is 0 Å². The number of aryl methyl sites for hydroxylation is 1. The molecule has 4 rings (SSSR count). The van der Waals surface area contributed by atoms with Crippen LogP contribution in [0.3, 0.4) is 0 Å². The fourth-order valence-electron chi connectivity index (χ4n) is 3.00. The lowest BCUT2D eigenvalue weighted by Gasteiger charge is -2.09. The molecule has 0 unspecified atom stereocenters. The Kier molecular flexibility index (Phi) is 3.80. The van der Waals surface area contributed by atoms with Crippen LogP contribution in [-0.2, 0) is 6.42 Å². The van der Waals surface area contributed by atoms with Crippen molar-refractivity contribution in [1.82, 2.24) is 0 Å². The van der Waals surface area contributed by atoms with Crippen LogP contribution in [0, 0.1) is 6.92 Å². The van der Waals surface area contributed by atoms with Crippen LogP contribution < -0.4 is 0 Å². The second-order valence-electron chi connectivity index (χ2n) is 6.06. The lowest BCUT2D eigenvalue weighted by atomic mass is 9.93. The van der Waals surface area contributed by atoms with Gasteiger partial charge >= 0.3 is 0 Å². The summed E-state index contributed by atoms with van der Waals surface area (Å²) in [6, 6.07) is 27.2. The molecule has 0 saturated heterocycles. The molecular formula is C22H18N2. The van der Waals surface area contributed by atoms with E-state index in [1.807, 2.05) is 18.2 Å². The Hall–Kier alpha value is -3.00. The minimum Gasteiger partial charge on any atom is -0.154 e. The molecule has 0 saturated carbocycles. The van der Waals surface area contributed by atoms with Gasteiger partial charge in [-0.15, -0.1) is 5.10 Å². The van der Waals surface area contributed by atoms with Crippen molar-refractivity contribution in [1.29, 1.82) is 0 Å². The summed E-state index contributed by atoms with van der Waals surface area (Å²) in [5.74, 6) is 0. The fraction of sp³-hybridized carbons (Fsp3) is 0.0909. The Labute approximate surface area is 142 Å². The minimum absolute atomic E-state index is 0.791. The second kappa shape index (κ2) is 6.25. The first-order valence-corrected chi connectivity index (χ1v) is 8.16. The molecule has 116 valence electrons. The molecule has 24 heavy (non-hydrogen) atoms. The standard InChI is InChI=1S/C22H18N2/c1-16-11-13-18(14-12-16)22-20-10-6-5-9-19(20)15-21(23-24-22)17-7-3-2-4-8-17/h2-14H,15H2,1H3. The minimum atomic E-state index is 0.791. The summed E-state index contributed by atoms with van der Waals surface area (Å²) in [6.07, 6.45) is 0.791. The van der Waals surface area contributed by atoms with Crippen molar-refractivity contribution in [2.75, 3.05) is 0 Å². The van der Waals surface area contributed by atoms with Gasteiger partial charge in [-0.25, -0.2) is 0 Å². The maximum absolute atomic E-state index is 4.63. The molecule has 0 aromatic heterocycles. The first-order valence-electron chi connectivity index (χ1n) is 8.16. The lowest BCUT2D eigenvalue weighted by molar-refractivity contribution is 1.21. The van der Waals surface area contributed by atoms with Gasteiger partial charge in [0.25, 0.3) is 0 Å². The zero-order chi connectivity index (χ0) is 16.4. The third-order valence-corrected chi connectivity index (χ3v) is 4.33. The summed E-state index contributed by atoms with van der Waals surface area (Å²) in [6.45, 7) is 2.10. The number of hydrogen-bond donors (Lipinski definition) is 0. The van der Waals surface area contributed by atoms with Gasteiger partial charge < -0.3 is 0 Å². The van der Waals surface area contributed by atoms with E-state index in [2.05, 4.69) is 77.8 Å². The number of nitrogens with zero attached hydrogens (tertiary/aromatic N) is 2. The van der Waals surface area contributed by atoms with Crippen LogP contribution in [0.4, 0.5) is 0 Å². The van der Waals surface area contributed by atoms with E-state index in [0.29, 0.717) is 0 Å². The van der Waals surface area contributed by atoms with Crippen LogP contribution in [0.1, 0.15) is 27.8 Å². The molecule has 0 bridgehead atoms. The largest absolute Gasteiger partial charge is 0.154 e. The molecule has 0 atom stereocenters. The Morgan fingerprint density at radius 2 is 1.38 bits per heavy atom. The van der Waals surface area contributed by atoms with Gasteiger partial charge in [0.15, 0.2) is 0 Å². The predicted molar refractivity (Wildman–Crippen MR) is 99.9 cm³/mol. The molecule has 0 aliphatic carbocycles. The van der Waals surface area contributed by atoms with Crippen LogP contribution in [0.2, 0.25) is 0 Å². The summed E-state index contributed by atoms with van der Waals surface area (Å²) < 4.78 is 0. The molecule has 1 heterocycles. The third-order valence-electron chi connectivity index (χ3n) is 4.33. The first kappa shape index (κ1) is 14.6. The fourth-order valence-corrected chi connectivity index (χ4v) is 3.00. The summed E-state index contributed by atoms with van der Waals surface area (Å²) in [7, 11) is 0. The van der Waals surface area contributed by atoms with Crippen LogP contribution in [-0.4, -0.2) is 11.4 Å². The molecule has 0 spiro atoms. The number of fused-ring (bicyclic) bond motifs is 1. The highest BCUT2D eigenvalue weighted by Crippen LogP contribution is 2.21. The second-order valence-corrected chi connectivity index (χ2v) is 6.06. The van der Waals surface area contributed by atoms with Crippen molar-refractivity contribution < 1.29 is 0 Å². The van der Waals surface area contributed by atoms with Crippen molar-refractivity contribution in [3.8, 4) is 0 Å². The molecule has 2 heteroatoms. The normalized spacial score (nSPS) is 13.5. The predicted octanol–water partition coefficient (Wildman–Crippen LogP) is 4.79. The average Bonchev–Trinajstić information content (AvgIpc) is 2.83. The van der Waals surface area contributed by atoms with E-state index in [4.69, 9.17) is 0 Å². The van der Waals surface area contributed by atoms with Crippen molar-refractivity contribution >= 4 is 11.4 Å². The van der Waals surface area contributed by atoms with Gasteiger partial charge in [0, 0.05) is 17.5 Å². The number of hydrogen-bond acceptors (Lipinski definition) is 2. The van der Waals surface area contributed by atoms with Gasteiger partial charge in [0.05, 0.1) is 5.71 Å². The molecule has 0 radical (unpaired) electrons. The molecule has 1 aliphatic rings. The van der Waals surface area contributed by atoms with Gasteiger partial charge in [-0.3, -0.25) is 0 Å². The summed E-state index contributed by atoms with van der Waals surface area (Å²) in [4.78, 5) is 0.